The quantitative estimate of drug-likeness (QED) is 0.308. The Balaban J connectivity index is 0.00000300. The molecule has 1 spiro atoms. The molecule has 9 heteroatoms. The van der Waals surface area contributed by atoms with Crippen molar-refractivity contribution in [2.75, 3.05) is 46.4 Å². The van der Waals surface area contributed by atoms with Gasteiger partial charge in [-0.3, -0.25) is 9.89 Å². The van der Waals surface area contributed by atoms with Gasteiger partial charge in [-0.2, -0.15) is 13.2 Å². The third kappa shape index (κ3) is 5.70. The van der Waals surface area contributed by atoms with Crippen molar-refractivity contribution < 1.29 is 17.9 Å². The highest BCUT2D eigenvalue weighted by molar-refractivity contribution is 14.0. The Morgan fingerprint density at radius 2 is 2.03 bits per heavy atom. The third-order valence-corrected chi connectivity index (χ3v) is 6.90. The zero-order valence-corrected chi connectivity index (χ0v) is 20.1. The van der Waals surface area contributed by atoms with E-state index in [1.807, 2.05) is 0 Å². The monoisotopic (exact) mass is 532 g/mol. The van der Waals surface area contributed by atoms with Crippen LogP contribution in [0.25, 0.3) is 0 Å². The summed E-state index contributed by atoms with van der Waals surface area (Å²) in [7, 11) is 1.80. The Morgan fingerprint density at radius 3 is 2.55 bits per heavy atom. The molecule has 1 saturated heterocycles. The van der Waals surface area contributed by atoms with Gasteiger partial charge in [0.1, 0.15) is 0 Å². The molecular formula is C20H36F3IN4O. The average Bonchev–Trinajstić information content (AvgIpc) is 3.02. The predicted octanol–water partition coefficient (Wildman–Crippen LogP) is 3.73. The van der Waals surface area contributed by atoms with Gasteiger partial charge in [0.25, 0.3) is 0 Å². The normalized spacial score (nSPS) is 28.9. The highest BCUT2D eigenvalue weighted by Gasteiger charge is 2.59. The molecule has 0 bridgehead atoms. The van der Waals surface area contributed by atoms with E-state index in [0.717, 1.165) is 38.5 Å². The molecule has 3 aliphatic rings. The number of hydrogen-bond donors (Lipinski definition) is 1. The summed E-state index contributed by atoms with van der Waals surface area (Å²) >= 11 is 0. The van der Waals surface area contributed by atoms with E-state index in [1.165, 1.54) is 24.2 Å². The predicted molar refractivity (Wildman–Crippen MR) is 120 cm³/mol. The zero-order chi connectivity index (χ0) is 20.4. The first-order chi connectivity index (χ1) is 13.3. The van der Waals surface area contributed by atoms with Gasteiger partial charge in [-0.1, -0.05) is 13.3 Å². The van der Waals surface area contributed by atoms with Crippen molar-refractivity contribution in [1.29, 1.82) is 0 Å². The average molecular weight is 532 g/mol. The van der Waals surface area contributed by atoms with Crippen LogP contribution in [-0.2, 0) is 4.74 Å². The summed E-state index contributed by atoms with van der Waals surface area (Å²) in [6, 6.07) is 0.396. The van der Waals surface area contributed by atoms with Gasteiger partial charge >= 0.3 is 6.18 Å². The fraction of sp³-hybridized carbons (Fsp3) is 0.950. The van der Waals surface area contributed by atoms with Crippen LogP contribution in [0.1, 0.15) is 46.0 Å². The van der Waals surface area contributed by atoms with Gasteiger partial charge < -0.3 is 15.0 Å². The van der Waals surface area contributed by atoms with E-state index in [9.17, 15) is 13.2 Å². The van der Waals surface area contributed by atoms with Gasteiger partial charge in [-0.25, -0.2) is 0 Å². The number of halogens is 4. The number of likely N-dealkylation sites (tertiary alicyclic amines) is 1. The molecule has 170 valence electrons. The molecule has 3 rings (SSSR count). The molecule has 1 N–H and O–H groups in total. The van der Waals surface area contributed by atoms with Crippen molar-refractivity contribution in [3.8, 4) is 0 Å². The Bertz CT molecular complexity index is 556. The second-order valence-corrected chi connectivity index (χ2v) is 8.55. The van der Waals surface area contributed by atoms with Crippen LogP contribution in [0.15, 0.2) is 4.99 Å². The summed E-state index contributed by atoms with van der Waals surface area (Å²) in [6.45, 7) is 6.31. The Labute approximate surface area is 189 Å². The SMILES string of the molecule is CCOC1CC(NC(=NC)N2CCC(CN(CC)CC(F)(F)F)C2)C12CCC2.I. The molecule has 3 atom stereocenters. The topological polar surface area (TPSA) is 40.1 Å². The van der Waals surface area contributed by atoms with Crippen LogP contribution in [-0.4, -0.2) is 80.5 Å². The van der Waals surface area contributed by atoms with Crippen LogP contribution in [0.3, 0.4) is 0 Å². The first kappa shape index (κ1) is 25.0. The number of guanidine groups is 1. The van der Waals surface area contributed by atoms with Gasteiger partial charge in [-0.15, -0.1) is 24.0 Å². The van der Waals surface area contributed by atoms with E-state index in [1.54, 1.807) is 14.0 Å². The maximum atomic E-state index is 12.7. The van der Waals surface area contributed by atoms with Crippen molar-refractivity contribution >= 4 is 29.9 Å². The van der Waals surface area contributed by atoms with Crippen LogP contribution < -0.4 is 5.32 Å². The van der Waals surface area contributed by atoms with E-state index < -0.39 is 12.7 Å². The third-order valence-electron chi connectivity index (χ3n) is 6.90. The number of nitrogens with zero attached hydrogens (tertiary/aromatic N) is 3. The number of ether oxygens (including phenoxy) is 1. The lowest BCUT2D eigenvalue weighted by Crippen LogP contribution is -2.68. The number of rotatable bonds is 7. The van der Waals surface area contributed by atoms with Gasteiger partial charge in [0.2, 0.25) is 0 Å². The zero-order valence-electron chi connectivity index (χ0n) is 17.8. The van der Waals surface area contributed by atoms with E-state index in [0.29, 0.717) is 25.2 Å². The molecule has 0 aromatic heterocycles. The molecule has 0 amide bonds. The van der Waals surface area contributed by atoms with E-state index in [2.05, 4.69) is 22.1 Å². The van der Waals surface area contributed by atoms with Crippen molar-refractivity contribution in [3.05, 3.63) is 0 Å². The fourth-order valence-corrected chi connectivity index (χ4v) is 5.19. The number of aliphatic imine (C=N–C) groups is 1. The molecule has 3 unspecified atom stereocenters. The lowest BCUT2D eigenvalue weighted by molar-refractivity contribution is -0.168. The molecule has 1 heterocycles. The van der Waals surface area contributed by atoms with E-state index >= 15 is 0 Å². The molecule has 2 saturated carbocycles. The molecule has 3 fully saturated rings. The van der Waals surface area contributed by atoms with Crippen LogP contribution in [0.5, 0.6) is 0 Å². The van der Waals surface area contributed by atoms with Gasteiger partial charge in [0.05, 0.1) is 12.6 Å². The lowest BCUT2D eigenvalue weighted by atomic mass is 9.51. The van der Waals surface area contributed by atoms with E-state index in [-0.39, 0.29) is 35.3 Å². The van der Waals surface area contributed by atoms with Gasteiger partial charge in [0.15, 0.2) is 5.96 Å². The summed E-state index contributed by atoms with van der Waals surface area (Å²) in [4.78, 5) is 8.20. The minimum Gasteiger partial charge on any atom is -0.378 e. The Hall–Kier alpha value is -0.290. The highest BCUT2D eigenvalue weighted by atomic mass is 127. The van der Waals surface area contributed by atoms with Crippen molar-refractivity contribution in [2.45, 2.75) is 64.3 Å². The Kier molecular flexibility index (Phi) is 8.91. The fourth-order valence-electron chi connectivity index (χ4n) is 5.19. The maximum Gasteiger partial charge on any atom is 0.401 e. The Morgan fingerprint density at radius 1 is 1.31 bits per heavy atom. The van der Waals surface area contributed by atoms with E-state index in [4.69, 9.17) is 4.74 Å². The summed E-state index contributed by atoms with van der Waals surface area (Å²) in [5.74, 6) is 1.14. The van der Waals surface area contributed by atoms with Gasteiger partial charge in [0, 0.05) is 44.7 Å². The molecule has 5 nitrogen and oxygen atoms in total. The summed E-state index contributed by atoms with van der Waals surface area (Å²) in [6.07, 6.45) is 1.82. The number of alkyl halides is 3. The first-order valence-electron chi connectivity index (χ1n) is 10.7. The number of nitrogens with one attached hydrogen (secondary N) is 1. The first-order valence-corrected chi connectivity index (χ1v) is 10.7. The number of hydrogen-bond acceptors (Lipinski definition) is 3. The molecule has 1 aliphatic heterocycles. The summed E-state index contributed by atoms with van der Waals surface area (Å²) < 4.78 is 44.1. The van der Waals surface area contributed by atoms with Crippen LogP contribution >= 0.6 is 24.0 Å². The molecular weight excluding hydrogens is 496 g/mol. The molecule has 0 aromatic carbocycles. The van der Waals surface area contributed by atoms with Gasteiger partial charge in [-0.05, 0) is 45.1 Å². The van der Waals surface area contributed by atoms with Crippen molar-refractivity contribution in [2.24, 2.45) is 16.3 Å². The largest absolute Gasteiger partial charge is 0.401 e. The van der Waals surface area contributed by atoms with Crippen molar-refractivity contribution in [1.82, 2.24) is 15.1 Å². The standard InChI is InChI=1S/C20H35F3N4O.HI/c1-4-26(14-20(21,22)23)12-15-7-10-27(13-15)18(24-3)25-16-11-17(28-5-2)19(16)8-6-9-19;/h15-17H,4-14H2,1-3H3,(H,24,25);1H. The molecule has 29 heavy (non-hydrogen) atoms. The lowest BCUT2D eigenvalue weighted by Gasteiger charge is -2.61. The summed E-state index contributed by atoms with van der Waals surface area (Å²) in [5.41, 5.74) is 0.261. The van der Waals surface area contributed by atoms with Crippen LogP contribution in [0, 0.1) is 11.3 Å². The highest BCUT2D eigenvalue weighted by Crippen LogP contribution is 2.57. The molecule has 0 aromatic rings. The smallest absolute Gasteiger partial charge is 0.378 e. The van der Waals surface area contributed by atoms with Crippen molar-refractivity contribution in [3.63, 3.8) is 0 Å². The maximum absolute atomic E-state index is 12.7. The van der Waals surface area contributed by atoms with Crippen LogP contribution in [0.2, 0.25) is 0 Å². The molecule has 0 radical (unpaired) electrons. The minimum absolute atomic E-state index is 0. The second kappa shape index (κ2) is 10.3. The van der Waals surface area contributed by atoms with Crippen LogP contribution in [0.4, 0.5) is 13.2 Å². The summed E-state index contributed by atoms with van der Waals surface area (Å²) in [5, 5.41) is 3.65. The molecule has 2 aliphatic carbocycles. The minimum atomic E-state index is -4.13. The second-order valence-electron chi connectivity index (χ2n) is 8.55.